The van der Waals surface area contributed by atoms with Crippen LogP contribution in [-0.4, -0.2) is 28.0 Å². The highest BCUT2D eigenvalue weighted by Crippen LogP contribution is 2.33. The fraction of sp³-hybridized carbons (Fsp3) is 0.167. The number of nitrogens with one attached hydrogen (secondary N) is 1. The second-order valence-corrected chi connectivity index (χ2v) is 11.0. The maximum absolute atomic E-state index is 14.2. The number of carbonyl (C=O) groups is 3. The summed E-state index contributed by atoms with van der Waals surface area (Å²) in [4.78, 5) is 40.5. The van der Waals surface area contributed by atoms with E-state index < -0.39 is 23.7 Å². The molecule has 1 aromatic heterocycles. The number of rotatable bonds is 9. The quantitative estimate of drug-likeness (QED) is 0.174. The van der Waals surface area contributed by atoms with Gasteiger partial charge < -0.3 is 10.1 Å². The number of nitrogens with zero attached hydrogens (tertiary/aromatic N) is 3. The molecule has 1 aliphatic rings. The van der Waals surface area contributed by atoms with Gasteiger partial charge in [0.25, 0.3) is 17.7 Å². The van der Waals surface area contributed by atoms with Crippen molar-refractivity contribution in [3.8, 4) is 5.75 Å². The van der Waals surface area contributed by atoms with Crippen LogP contribution in [0.1, 0.15) is 41.8 Å². The Bertz CT molecular complexity index is 1990. The van der Waals surface area contributed by atoms with Gasteiger partial charge in [-0.2, -0.15) is 10.1 Å². The Morgan fingerprint density at radius 1 is 0.935 bits per heavy atom. The lowest BCUT2D eigenvalue weighted by Crippen LogP contribution is -2.36. The number of ether oxygens (including phenoxy) is 1. The van der Waals surface area contributed by atoms with E-state index in [2.05, 4.69) is 10.4 Å². The van der Waals surface area contributed by atoms with Gasteiger partial charge in [-0.1, -0.05) is 67.6 Å². The first kappa shape index (κ1) is 30.4. The number of fused-ring (bicyclic) bond motifs is 1. The summed E-state index contributed by atoms with van der Waals surface area (Å²) in [6.07, 6.45) is 1.26. The number of hydrogen-bond acceptors (Lipinski definition) is 5. The van der Waals surface area contributed by atoms with Crippen molar-refractivity contribution >= 4 is 45.7 Å². The second-order valence-electron chi connectivity index (χ2n) is 11.0. The van der Waals surface area contributed by atoms with Crippen LogP contribution in [0.4, 0.5) is 20.2 Å². The molecule has 2 heterocycles. The molecule has 1 atom stereocenters. The molecule has 0 spiro atoms. The normalized spacial score (nSPS) is 14.8. The van der Waals surface area contributed by atoms with E-state index in [4.69, 9.17) is 4.74 Å². The van der Waals surface area contributed by atoms with E-state index in [0.717, 1.165) is 16.0 Å². The summed E-state index contributed by atoms with van der Waals surface area (Å²) < 4.78 is 35.9. The third kappa shape index (κ3) is 5.89. The van der Waals surface area contributed by atoms with Crippen molar-refractivity contribution < 1.29 is 27.9 Å². The van der Waals surface area contributed by atoms with Gasteiger partial charge in [0.05, 0.1) is 22.5 Å². The predicted molar refractivity (Wildman–Crippen MR) is 172 cm³/mol. The molecular weight excluding hydrogens is 590 g/mol. The maximum Gasteiger partial charge on any atom is 0.273 e. The SMILES string of the molecule is CCC(F)(F)c1cccc(NC(=O)C2C(=O)N(c3ccc4ccn(C(=O)c5ccccc5OCc5ccccc5)c4c3)N=C2C)c1. The van der Waals surface area contributed by atoms with Gasteiger partial charge >= 0.3 is 0 Å². The molecule has 6 rings (SSSR count). The van der Waals surface area contributed by atoms with Crippen LogP contribution in [0.15, 0.2) is 114 Å². The van der Waals surface area contributed by atoms with Gasteiger partial charge in [-0.25, -0.2) is 8.78 Å². The number of hydrogen-bond donors (Lipinski definition) is 1. The zero-order valence-corrected chi connectivity index (χ0v) is 25.1. The molecule has 4 aromatic carbocycles. The molecule has 0 saturated carbocycles. The molecule has 0 fully saturated rings. The number of anilines is 2. The smallest absolute Gasteiger partial charge is 0.273 e. The standard InChI is InChI=1S/C36H30F2N4O4/c1-3-36(37,38)26-12-9-13-27(20-26)39-33(43)32-23(2)40-42(35(32)45)28-17-16-25-18-19-41(30(25)21-28)34(44)29-14-7-8-15-31(29)46-22-24-10-5-4-6-11-24/h4-21,32H,3,22H2,1-2H3,(H,39,43). The summed E-state index contributed by atoms with van der Waals surface area (Å²) in [5, 5.41) is 8.82. The van der Waals surface area contributed by atoms with Crippen LogP contribution in [0, 0.1) is 5.92 Å². The number of alkyl halides is 2. The Kier molecular flexibility index (Phi) is 8.19. The molecule has 46 heavy (non-hydrogen) atoms. The summed E-state index contributed by atoms with van der Waals surface area (Å²) in [6, 6.07) is 28.9. The Balaban J connectivity index is 1.23. The molecule has 232 valence electrons. The van der Waals surface area contributed by atoms with Gasteiger partial charge in [0.2, 0.25) is 5.91 Å². The predicted octanol–water partition coefficient (Wildman–Crippen LogP) is 7.39. The molecule has 0 bridgehead atoms. The van der Waals surface area contributed by atoms with E-state index in [0.29, 0.717) is 29.1 Å². The van der Waals surface area contributed by atoms with E-state index in [1.807, 2.05) is 30.3 Å². The molecule has 0 aliphatic carbocycles. The lowest BCUT2D eigenvalue weighted by molar-refractivity contribution is -0.127. The molecule has 10 heteroatoms. The van der Waals surface area contributed by atoms with Crippen molar-refractivity contribution in [1.82, 2.24) is 4.57 Å². The molecule has 5 aromatic rings. The number of benzene rings is 4. The largest absolute Gasteiger partial charge is 0.488 e. The third-order valence-electron chi connectivity index (χ3n) is 7.88. The lowest BCUT2D eigenvalue weighted by Gasteiger charge is -2.17. The fourth-order valence-electron chi connectivity index (χ4n) is 5.36. The minimum atomic E-state index is -3.05. The zero-order valence-electron chi connectivity index (χ0n) is 25.1. The molecular formula is C36H30F2N4O4. The van der Waals surface area contributed by atoms with Crippen LogP contribution < -0.4 is 15.1 Å². The van der Waals surface area contributed by atoms with Gasteiger partial charge in [0.1, 0.15) is 12.4 Å². The number of aromatic nitrogens is 1. The van der Waals surface area contributed by atoms with Gasteiger partial charge in [-0.15, -0.1) is 0 Å². The number of halogens is 2. The molecule has 1 aliphatic heterocycles. The first-order chi connectivity index (χ1) is 22.2. The van der Waals surface area contributed by atoms with Gasteiger partial charge in [-0.05, 0) is 55.0 Å². The molecule has 2 amide bonds. The summed E-state index contributed by atoms with van der Waals surface area (Å²) in [5.74, 6) is -5.48. The van der Waals surface area contributed by atoms with Crippen LogP contribution in [0.5, 0.6) is 5.75 Å². The topological polar surface area (TPSA) is 93.0 Å². The highest BCUT2D eigenvalue weighted by molar-refractivity contribution is 6.29. The van der Waals surface area contributed by atoms with Gasteiger partial charge in [-0.3, -0.25) is 19.0 Å². The van der Waals surface area contributed by atoms with Crippen molar-refractivity contribution in [2.45, 2.75) is 32.8 Å². The second kappa shape index (κ2) is 12.4. The Morgan fingerprint density at radius 2 is 1.70 bits per heavy atom. The third-order valence-corrected chi connectivity index (χ3v) is 7.88. The van der Waals surface area contributed by atoms with Crippen molar-refractivity contribution in [3.05, 3.63) is 126 Å². The van der Waals surface area contributed by atoms with Crippen LogP contribution in [0.25, 0.3) is 10.9 Å². The van der Waals surface area contributed by atoms with Crippen molar-refractivity contribution in [3.63, 3.8) is 0 Å². The summed E-state index contributed by atoms with van der Waals surface area (Å²) in [7, 11) is 0. The maximum atomic E-state index is 14.2. The van der Waals surface area contributed by atoms with Crippen LogP contribution in [-0.2, 0) is 22.1 Å². The average molecular weight is 621 g/mol. The van der Waals surface area contributed by atoms with Gasteiger partial charge in [0.15, 0.2) is 5.92 Å². The monoisotopic (exact) mass is 620 g/mol. The minimum absolute atomic E-state index is 0.153. The average Bonchev–Trinajstić information content (AvgIpc) is 3.63. The molecule has 8 nitrogen and oxygen atoms in total. The number of carbonyl (C=O) groups excluding carboxylic acids is 3. The van der Waals surface area contributed by atoms with Crippen molar-refractivity contribution in [2.75, 3.05) is 10.3 Å². The summed E-state index contributed by atoms with van der Waals surface area (Å²) >= 11 is 0. The summed E-state index contributed by atoms with van der Waals surface area (Å²) in [6.45, 7) is 3.23. The van der Waals surface area contributed by atoms with E-state index in [1.165, 1.54) is 35.8 Å². The molecule has 0 radical (unpaired) electrons. The minimum Gasteiger partial charge on any atom is -0.488 e. The first-order valence-corrected chi connectivity index (χ1v) is 14.8. The zero-order chi connectivity index (χ0) is 32.4. The molecule has 1 unspecified atom stereocenters. The highest BCUT2D eigenvalue weighted by atomic mass is 19.3. The van der Waals surface area contributed by atoms with Crippen LogP contribution in [0.3, 0.4) is 0 Å². The highest BCUT2D eigenvalue weighted by Gasteiger charge is 2.40. The van der Waals surface area contributed by atoms with Crippen LogP contribution in [0.2, 0.25) is 0 Å². The number of amides is 2. The van der Waals surface area contributed by atoms with E-state index >= 15 is 0 Å². The van der Waals surface area contributed by atoms with Crippen molar-refractivity contribution in [1.29, 1.82) is 0 Å². The number of hydrazone groups is 1. The van der Waals surface area contributed by atoms with E-state index in [1.54, 1.807) is 61.7 Å². The fourth-order valence-corrected chi connectivity index (χ4v) is 5.36. The first-order valence-electron chi connectivity index (χ1n) is 14.8. The Morgan fingerprint density at radius 3 is 2.48 bits per heavy atom. The van der Waals surface area contributed by atoms with Crippen LogP contribution >= 0.6 is 0 Å². The summed E-state index contributed by atoms with van der Waals surface area (Å²) in [5.41, 5.74) is 2.39. The van der Waals surface area contributed by atoms with E-state index in [-0.39, 0.29) is 29.3 Å². The van der Waals surface area contributed by atoms with E-state index in [9.17, 15) is 23.2 Å². The number of para-hydroxylation sites is 1. The molecule has 1 N–H and O–H groups in total. The Labute approximate surface area is 263 Å². The molecule has 0 saturated heterocycles. The van der Waals surface area contributed by atoms with Gasteiger partial charge in [0, 0.05) is 29.3 Å². The lowest BCUT2D eigenvalue weighted by atomic mass is 10.0. The Hall–Kier alpha value is -5.64. The van der Waals surface area contributed by atoms with Crippen molar-refractivity contribution in [2.24, 2.45) is 11.0 Å².